The Balaban J connectivity index is 1.79. The van der Waals surface area contributed by atoms with Crippen LogP contribution >= 0.6 is 0 Å². The molecule has 0 spiro atoms. The zero-order chi connectivity index (χ0) is 18.3. The van der Waals surface area contributed by atoms with E-state index in [0.29, 0.717) is 0 Å². The van der Waals surface area contributed by atoms with Gasteiger partial charge >= 0.3 is 0 Å². The summed E-state index contributed by atoms with van der Waals surface area (Å²) in [7, 11) is 6.74. The number of hydrogen-bond acceptors (Lipinski definition) is 4. The molecule has 0 saturated heterocycles. The summed E-state index contributed by atoms with van der Waals surface area (Å²) in [5, 5.41) is 0. The smallest absolute Gasteiger partial charge is 0.209 e. The maximum Gasteiger partial charge on any atom is 0.209 e. The van der Waals surface area contributed by atoms with Gasteiger partial charge in [-0.15, -0.1) is 0 Å². The molecule has 3 aliphatic rings. The van der Waals surface area contributed by atoms with Crippen LogP contribution in [0.25, 0.3) is 5.70 Å². The van der Waals surface area contributed by atoms with Crippen LogP contribution < -0.4 is 9.47 Å². The van der Waals surface area contributed by atoms with E-state index in [1.807, 2.05) is 6.08 Å². The molecule has 0 radical (unpaired) electrons. The van der Waals surface area contributed by atoms with Gasteiger partial charge in [-0.2, -0.15) is 0 Å². The van der Waals surface area contributed by atoms with E-state index in [4.69, 9.17) is 18.9 Å². The van der Waals surface area contributed by atoms with Gasteiger partial charge in [0, 0.05) is 12.3 Å². The van der Waals surface area contributed by atoms with Crippen molar-refractivity contribution in [3.63, 3.8) is 0 Å². The van der Waals surface area contributed by atoms with Crippen LogP contribution in [-0.4, -0.2) is 45.8 Å². The van der Waals surface area contributed by atoms with Crippen LogP contribution in [-0.2, 0) is 15.9 Å². The van der Waals surface area contributed by atoms with Crippen LogP contribution in [0, 0.1) is 11.8 Å². The second kappa shape index (κ2) is 6.56. The van der Waals surface area contributed by atoms with Crippen molar-refractivity contribution in [3.8, 4) is 11.5 Å². The van der Waals surface area contributed by atoms with Gasteiger partial charge in [0.25, 0.3) is 0 Å². The lowest BCUT2D eigenvalue weighted by Crippen LogP contribution is -2.33. The molecular formula is C21H24NO4+. The Hall–Kier alpha value is -2.69. The van der Waals surface area contributed by atoms with Gasteiger partial charge in [-0.05, 0) is 29.8 Å². The van der Waals surface area contributed by atoms with E-state index in [-0.39, 0.29) is 11.8 Å². The summed E-state index contributed by atoms with van der Waals surface area (Å²) in [6.07, 6.45) is 9.72. The lowest BCUT2D eigenvalue weighted by molar-refractivity contribution is -0.434. The zero-order valence-corrected chi connectivity index (χ0v) is 15.6. The third kappa shape index (κ3) is 2.50. The van der Waals surface area contributed by atoms with Crippen LogP contribution in [0.3, 0.4) is 0 Å². The molecule has 4 rings (SSSR count). The Morgan fingerprint density at radius 1 is 0.962 bits per heavy atom. The predicted octanol–water partition coefficient (Wildman–Crippen LogP) is 3.00. The zero-order valence-electron chi connectivity index (χ0n) is 15.6. The molecule has 5 heteroatoms. The van der Waals surface area contributed by atoms with Crippen molar-refractivity contribution in [1.29, 1.82) is 0 Å². The van der Waals surface area contributed by atoms with Gasteiger partial charge in [0.05, 0.1) is 34.0 Å². The maximum absolute atomic E-state index is 5.66. The fourth-order valence-corrected chi connectivity index (χ4v) is 4.07. The minimum absolute atomic E-state index is 0.158. The minimum Gasteiger partial charge on any atom is -0.496 e. The fourth-order valence-electron chi connectivity index (χ4n) is 4.07. The van der Waals surface area contributed by atoms with Crippen molar-refractivity contribution >= 4 is 11.9 Å². The standard InChI is InChI=1S/C21H24NO4/c1-23-18-6-5-13-9-17-15-11-20(25-3)19(24-2)10-14(15)7-8-22(17)12-16(13)21(18)26-4/h5-6,9-13,16H,7-8H2,1-4H3/q+1/t13-,16+/m1/s1. The van der Waals surface area contributed by atoms with Crippen LogP contribution in [0.15, 0.2) is 41.9 Å². The normalized spacial score (nSPS) is 23.2. The molecule has 0 fully saturated rings. The molecule has 0 amide bonds. The van der Waals surface area contributed by atoms with Crippen LogP contribution in [0.5, 0.6) is 11.5 Å². The van der Waals surface area contributed by atoms with Crippen molar-refractivity contribution in [2.24, 2.45) is 11.8 Å². The summed E-state index contributed by atoms with van der Waals surface area (Å²) >= 11 is 0. The first-order valence-corrected chi connectivity index (χ1v) is 8.79. The SMILES string of the molecule is COC1=C(OC)[C@H]2C=[N+]3CCc4cc(OC)c(OC)cc4C3=C[C@H]2C=C1. The number of fused-ring (bicyclic) bond motifs is 4. The minimum atomic E-state index is 0.158. The van der Waals surface area contributed by atoms with Crippen LogP contribution in [0.4, 0.5) is 0 Å². The van der Waals surface area contributed by atoms with Crippen molar-refractivity contribution in [2.75, 3.05) is 35.0 Å². The monoisotopic (exact) mass is 354 g/mol. The third-order valence-electron chi connectivity index (χ3n) is 5.38. The molecule has 5 nitrogen and oxygen atoms in total. The van der Waals surface area contributed by atoms with Crippen molar-refractivity contribution in [1.82, 2.24) is 0 Å². The molecule has 0 aromatic heterocycles. The Morgan fingerprint density at radius 3 is 2.42 bits per heavy atom. The Labute approximate surface area is 153 Å². The van der Waals surface area contributed by atoms with Crippen LogP contribution in [0.1, 0.15) is 11.1 Å². The molecule has 0 unspecified atom stereocenters. The van der Waals surface area contributed by atoms with E-state index in [9.17, 15) is 0 Å². The summed E-state index contributed by atoms with van der Waals surface area (Å²) in [5.41, 5.74) is 3.71. The Bertz CT molecular complexity index is 863. The number of hydrogen-bond donors (Lipinski definition) is 0. The number of benzene rings is 1. The molecule has 1 aliphatic carbocycles. The third-order valence-corrected chi connectivity index (χ3v) is 5.38. The highest BCUT2D eigenvalue weighted by Crippen LogP contribution is 2.41. The van der Waals surface area contributed by atoms with E-state index in [1.54, 1.807) is 28.4 Å². The lowest BCUT2D eigenvalue weighted by atomic mass is 9.82. The van der Waals surface area contributed by atoms with Crippen LogP contribution in [0.2, 0.25) is 0 Å². The van der Waals surface area contributed by atoms with Crippen molar-refractivity contribution < 1.29 is 23.5 Å². The summed E-state index contributed by atoms with van der Waals surface area (Å²) in [6, 6.07) is 4.18. The molecule has 0 bridgehead atoms. The number of rotatable bonds is 4. The van der Waals surface area contributed by atoms with Gasteiger partial charge in [0.15, 0.2) is 35.8 Å². The quantitative estimate of drug-likeness (QED) is 0.780. The average Bonchev–Trinajstić information content (AvgIpc) is 2.70. The molecular weight excluding hydrogens is 330 g/mol. The molecule has 0 saturated carbocycles. The van der Waals surface area contributed by atoms with E-state index in [0.717, 1.165) is 36.0 Å². The van der Waals surface area contributed by atoms with Crippen molar-refractivity contribution in [3.05, 3.63) is 53.0 Å². The highest BCUT2D eigenvalue weighted by atomic mass is 16.5. The first-order valence-electron chi connectivity index (χ1n) is 8.79. The topological polar surface area (TPSA) is 39.9 Å². The lowest BCUT2D eigenvalue weighted by Gasteiger charge is -2.30. The summed E-state index contributed by atoms with van der Waals surface area (Å²) in [5.74, 6) is 3.62. The van der Waals surface area contributed by atoms with E-state index in [2.05, 4.69) is 35.1 Å². The predicted molar refractivity (Wildman–Crippen MR) is 99.6 cm³/mol. The van der Waals surface area contributed by atoms with Gasteiger partial charge in [0.1, 0.15) is 5.92 Å². The van der Waals surface area contributed by atoms with Crippen molar-refractivity contribution in [2.45, 2.75) is 6.42 Å². The second-order valence-electron chi connectivity index (χ2n) is 6.61. The largest absolute Gasteiger partial charge is 0.496 e. The summed E-state index contributed by atoms with van der Waals surface area (Å²) < 4.78 is 24.4. The first-order chi connectivity index (χ1) is 12.7. The van der Waals surface area contributed by atoms with E-state index in [1.165, 1.54) is 16.8 Å². The second-order valence-corrected chi connectivity index (χ2v) is 6.61. The van der Waals surface area contributed by atoms with Gasteiger partial charge in [-0.25, -0.2) is 4.58 Å². The Morgan fingerprint density at radius 2 is 1.73 bits per heavy atom. The average molecular weight is 354 g/mol. The van der Waals surface area contributed by atoms with E-state index >= 15 is 0 Å². The number of ether oxygens (including phenoxy) is 4. The summed E-state index contributed by atoms with van der Waals surface area (Å²) in [4.78, 5) is 0. The number of allylic oxidation sites excluding steroid dienone is 4. The highest BCUT2D eigenvalue weighted by molar-refractivity contribution is 5.76. The molecule has 2 heterocycles. The van der Waals surface area contributed by atoms with Gasteiger partial charge in [-0.3, -0.25) is 0 Å². The molecule has 1 aromatic rings. The van der Waals surface area contributed by atoms with Gasteiger partial charge in [0.2, 0.25) is 5.70 Å². The molecule has 26 heavy (non-hydrogen) atoms. The number of nitrogens with zero attached hydrogens (tertiary/aromatic N) is 1. The fraction of sp³-hybridized carbons (Fsp3) is 0.381. The number of methoxy groups -OCH3 is 4. The maximum atomic E-state index is 5.66. The molecule has 0 N–H and O–H groups in total. The first kappa shape index (κ1) is 16.8. The molecule has 2 aliphatic heterocycles. The van der Waals surface area contributed by atoms with Gasteiger partial charge in [-0.1, -0.05) is 6.08 Å². The van der Waals surface area contributed by atoms with Gasteiger partial charge < -0.3 is 18.9 Å². The van der Waals surface area contributed by atoms with E-state index < -0.39 is 0 Å². The molecule has 1 aromatic carbocycles. The molecule has 136 valence electrons. The Kier molecular flexibility index (Phi) is 4.23. The molecule has 2 atom stereocenters. The highest BCUT2D eigenvalue weighted by Gasteiger charge is 2.39. The summed E-state index contributed by atoms with van der Waals surface area (Å²) in [6.45, 7) is 0.931.